The molecule has 1 aliphatic rings. The Hall–Kier alpha value is -1.98. The number of ether oxygens (including phenoxy) is 2. The Morgan fingerprint density at radius 2 is 1.23 bits per heavy atom. The Bertz CT molecular complexity index is 431. The van der Waals surface area contributed by atoms with Crippen molar-refractivity contribution in [1.29, 1.82) is 0 Å². The van der Waals surface area contributed by atoms with Gasteiger partial charge in [-0.05, 0) is 12.8 Å². The molecule has 0 fully saturated rings. The molecule has 0 saturated carbocycles. The zero-order chi connectivity index (χ0) is 16.5. The molecule has 22 heavy (non-hydrogen) atoms. The number of esters is 2. The molecule has 0 unspecified atom stereocenters. The highest BCUT2D eigenvalue weighted by Crippen LogP contribution is 2.29. The number of carbonyl (C=O) groups is 2. The van der Waals surface area contributed by atoms with Crippen LogP contribution in [0.5, 0.6) is 0 Å². The molecule has 0 saturated heterocycles. The van der Waals surface area contributed by atoms with Crippen LogP contribution >= 0.6 is 0 Å². The molecule has 0 aromatic rings. The lowest BCUT2D eigenvalue weighted by Gasteiger charge is -2.18. The van der Waals surface area contributed by atoms with E-state index < -0.39 is 11.9 Å². The summed E-state index contributed by atoms with van der Waals surface area (Å²) in [5, 5.41) is 19.9. The average molecular weight is 312 g/mol. The molecule has 0 spiro atoms. The van der Waals surface area contributed by atoms with Gasteiger partial charge in [-0.25, -0.2) is 9.59 Å². The first-order valence-electron chi connectivity index (χ1n) is 7.67. The maximum Gasteiger partial charge on any atom is 0.337 e. The van der Waals surface area contributed by atoms with Crippen LogP contribution in [-0.4, -0.2) is 35.4 Å². The van der Waals surface area contributed by atoms with Gasteiger partial charge in [0, 0.05) is 12.8 Å². The molecule has 0 radical (unpaired) electrons. The van der Waals surface area contributed by atoms with Crippen molar-refractivity contribution in [2.45, 2.75) is 52.4 Å². The first-order valence-corrected chi connectivity index (χ1v) is 7.67. The molecule has 124 valence electrons. The molecule has 0 aromatic carbocycles. The van der Waals surface area contributed by atoms with Crippen LogP contribution in [0.15, 0.2) is 22.7 Å². The molecule has 0 aliphatic heterocycles. The SMILES string of the molecule is CCCCOC(=O)C1=C(O)CC(C(=O)OCCCC)=C(O)C1. The minimum absolute atomic E-state index is 0.00119. The molecule has 6 heteroatoms. The quantitative estimate of drug-likeness (QED) is 0.528. The highest BCUT2D eigenvalue weighted by Gasteiger charge is 2.29. The van der Waals surface area contributed by atoms with Gasteiger partial charge in [-0.1, -0.05) is 26.7 Å². The summed E-state index contributed by atoms with van der Waals surface area (Å²) in [6.07, 6.45) is 2.81. The maximum absolute atomic E-state index is 11.8. The third kappa shape index (κ3) is 5.09. The van der Waals surface area contributed by atoms with Gasteiger partial charge in [0.1, 0.15) is 11.5 Å². The van der Waals surface area contributed by atoms with Crippen LogP contribution < -0.4 is 0 Å². The van der Waals surface area contributed by atoms with Gasteiger partial charge in [0.25, 0.3) is 0 Å². The smallest absolute Gasteiger partial charge is 0.337 e. The number of aliphatic hydroxyl groups is 2. The fourth-order valence-corrected chi connectivity index (χ4v) is 1.92. The van der Waals surface area contributed by atoms with Crippen LogP contribution in [0.25, 0.3) is 0 Å². The topological polar surface area (TPSA) is 93.1 Å². The fourth-order valence-electron chi connectivity index (χ4n) is 1.92. The third-order valence-electron chi connectivity index (χ3n) is 3.34. The summed E-state index contributed by atoms with van der Waals surface area (Å²) < 4.78 is 10.0. The summed E-state index contributed by atoms with van der Waals surface area (Å²) in [7, 11) is 0. The molecule has 0 atom stereocenters. The van der Waals surface area contributed by atoms with Gasteiger partial charge >= 0.3 is 11.9 Å². The predicted molar refractivity (Wildman–Crippen MR) is 80.3 cm³/mol. The van der Waals surface area contributed by atoms with E-state index in [2.05, 4.69) is 0 Å². The van der Waals surface area contributed by atoms with Gasteiger partial charge in [0.2, 0.25) is 0 Å². The van der Waals surface area contributed by atoms with Gasteiger partial charge in [-0.15, -0.1) is 0 Å². The summed E-state index contributed by atoms with van der Waals surface area (Å²) in [6.45, 7) is 4.47. The molecule has 1 aliphatic carbocycles. The summed E-state index contributed by atoms with van der Waals surface area (Å²) in [5.41, 5.74) is -0.00239. The summed E-state index contributed by atoms with van der Waals surface area (Å²) in [5.74, 6) is -1.81. The van der Waals surface area contributed by atoms with E-state index in [4.69, 9.17) is 9.47 Å². The number of hydrogen-bond acceptors (Lipinski definition) is 6. The Balaban J connectivity index is 2.65. The van der Waals surface area contributed by atoms with Crippen molar-refractivity contribution >= 4 is 11.9 Å². The normalized spacial score (nSPS) is 15.0. The Morgan fingerprint density at radius 1 is 0.864 bits per heavy atom. The van der Waals surface area contributed by atoms with E-state index in [1.54, 1.807) is 0 Å². The molecular weight excluding hydrogens is 288 g/mol. The maximum atomic E-state index is 11.8. The van der Waals surface area contributed by atoms with Crippen molar-refractivity contribution in [3.05, 3.63) is 22.7 Å². The zero-order valence-corrected chi connectivity index (χ0v) is 13.2. The summed E-state index contributed by atoms with van der Waals surface area (Å²) in [4.78, 5) is 23.7. The van der Waals surface area contributed by atoms with E-state index in [0.29, 0.717) is 0 Å². The van der Waals surface area contributed by atoms with Crippen molar-refractivity contribution in [2.75, 3.05) is 13.2 Å². The predicted octanol–water partition coefficient (Wildman–Crippen LogP) is 3.09. The van der Waals surface area contributed by atoms with Gasteiger partial charge in [-0.3, -0.25) is 0 Å². The third-order valence-corrected chi connectivity index (χ3v) is 3.34. The molecule has 1 rings (SSSR count). The number of hydrogen-bond donors (Lipinski definition) is 2. The van der Waals surface area contributed by atoms with Crippen LogP contribution in [0.3, 0.4) is 0 Å². The van der Waals surface area contributed by atoms with Crippen molar-refractivity contribution in [2.24, 2.45) is 0 Å². The van der Waals surface area contributed by atoms with E-state index in [9.17, 15) is 19.8 Å². The van der Waals surface area contributed by atoms with Crippen molar-refractivity contribution in [3.8, 4) is 0 Å². The second-order valence-corrected chi connectivity index (χ2v) is 5.18. The van der Waals surface area contributed by atoms with Crippen LogP contribution in [0.4, 0.5) is 0 Å². The number of allylic oxidation sites excluding steroid dienone is 2. The molecule has 0 heterocycles. The van der Waals surface area contributed by atoms with Gasteiger partial charge in [0.15, 0.2) is 0 Å². The van der Waals surface area contributed by atoms with Gasteiger partial charge in [-0.2, -0.15) is 0 Å². The van der Waals surface area contributed by atoms with Gasteiger partial charge in [0.05, 0.1) is 24.4 Å². The van der Waals surface area contributed by atoms with Crippen molar-refractivity contribution in [1.82, 2.24) is 0 Å². The number of unbranched alkanes of at least 4 members (excludes halogenated alkanes) is 2. The lowest BCUT2D eigenvalue weighted by atomic mass is 9.95. The van der Waals surface area contributed by atoms with E-state index in [0.717, 1.165) is 25.7 Å². The standard InChI is InChI=1S/C16H24O6/c1-3-5-7-21-15(19)11-9-14(18)12(10-13(11)17)16(20)22-8-6-4-2/h17-18H,3-10H2,1-2H3. The van der Waals surface area contributed by atoms with E-state index in [-0.39, 0.29) is 48.7 Å². The van der Waals surface area contributed by atoms with E-state index in [1.807, 2.05) is 13.8 Å². The minimum Gasteiger partial charge on any atom is -0.511 e. The second kappa shape index (κ2) is 9.12. The average Bonchev–Trinajstić information content (AvgIpc) is 2.49. The molecule has 0 bridgehead atoms. The zero-order valence-electron chi connectivity index (χ0n) is 13.2. The minimum atomic E-state index is -0.657. The number of aliphatic hydroxyl groups excluding tert-OH is 2. The molecule has 6 nitrogen and oxygen atoms in total. The highest BCUT2D eigenvalue weighted by molar-refractivity contribution is 5.94. The van der Waals surface area contributed by atoms with Crippen LogP contribution in [0.2, 0.25) is 0 Å². The monoisotopic (exact) mass is 312 g/mol. The fraction of sp³-hybridized carbons (Fsp3) is 0.625. The lowest BCUT2D eigenvalue weighted by Crippen LogP contribution is -2.20. The van der Waals surface area contributed by atoms with Gasteiger partial charge < -0.3 is 19.7 Å². The first kappa shape index (κ1) is 18.1. The van der Waals surface area contributed by atoms with E-state index in [1.165, 1.54) is 0 Å². The van der Waals surface area contributed by atoms with Crippen molar-refractivity contribution < 1.29 is 29.3 Å². The first-order chi connectivity index (χ1) is 10.5. The van der Waals surface area contributed by atoms with Crippen LogP contribution in [0.1, 0.15) is 52.4 Å². The Kier molecular flexibility index (Phi) is 7.49. The number of carbonyl (C=O) groups excluding carboxylic acids is 2. The number of rotatable bonds is 8. The molecular formula is C16H24O6. The largest absolute Gasteiger partial charge is 0.511 e. The second-order valence-electron chi connectivity index (χ2n) is 5.18. The Morgan fingerprint density at radius 3 is 1.55 bits per heavy atom. The van der Waals surface area contributed by atoms with E-state index >= 15 is 0 Å². The molecule has 0 amide bonds. The summed E-state index contributed by atoms with van der Waals surface area (Å²) >= 11 is 0. The van der Waals surface area contributed by atoms with Crippen LogP contribution in [-0.2, 0) is 19.1 Å². The molecule has 2 N–H and O–H groups in total. The molecule has 0 aromatic heterocycles. The Labute approximate surface area is 130 Å². The highest BCUT2D eigenvalue weighted by atomic mass is 16.5. The van der Waals surface area contributed by atoms with Crippen molar-refractivity contribution in [3.63, 3.8) is 0 Å². The summed E-state index contributed by atoms with van der Waals surface area (Å²) in [6, 6.07) is 0. The van der Waals surface area contributed by atoms with Crippen LogP contribution in [0, 0.1) is 0 Å². The lowest BCUT2D eigenvalue weighted by molar-refractivity contribution is -0.141.